The molecule has 0 atom stereocenters. The van der Waals surface area contributed by atoms with Crippen molar-refractivity contribution in [3.63, 3.8) is 0 Å². The number of rotatable bonds is 3. The molecule has 0 aliphatic carbocycles. The molecule has 4 heteroatoms. The number of hydrogen-bond donors (Lipinski definition) is 1. The lowest BCUT2D eigenvalue weighted by Gasteiger charge is -2.02. The average molecular weight is 205 g/mol. The Balaban J connectivity index is 2.47. The third-order valence-corrected chi connectivity index (χ3v) is 2.12. The van der Waals surface area contributed by atoms with Crippen LogP contribution in [0.3, 0.4) is 0 Å². The molecule has 0 saturated carbocycles. The third-order valence-electron chi connectivity index (χ3n) is 2.12. The lowest BCUT2D eigenvalue weighted by Crippen LogP contribution is -1.93. The van der Waals surface area contributed by atoms with E-state index in [0.717, 1.165) is 11.3 Å². The fourth-order valence-electron chi connectivity index (χ4n) is 1.46. The first-order chi connectivity index (χ1) is 7.20. The van der Waals surface area contributed by atoms with Crippen molar-refractivity contribution in [2.45, 2.75) is 6.92 Å². The predicted octanol–water partition coefficient (Wildman–Crippen LogP) is 2.04. The second-order valence-electron chi connectivity index (χ2n) is 3.16. The summed E-state index contributed by atoms with van der Waals surface area (Å²) in [5.41, 5.74) is 1.12. The maximum atomic E-state index is 10.7. The number of aromatic carboxylic acids is 1. The van der Waals surface area contributed by atoms with Crippen LogP contribution in [0.1, 0.15) is 17.3 Å². The zero-order valence-corrected chi connectivity index (χ0v) is 8.30. The van der Waals surface area contributed by atoms with E-state index in [9.17, 15) is 4.79 Å². The lowest BCUT2D eigenvalue weighted by atomic mass is 10.3. The summed E-state index contributed by atoms with van der Waals surface area (Å²) < 4.78 is 7.06. The molecule has 0 saturated heterocycles. The molecule has 2 rings (SSSR count). The maximum Gasteiger partial charge on any atom is 0.337 e. The van der Waals surface area contributed by atoms with Crippen molar-refractivity contribution in [1.82, 2.24) is 4.40 Å². The molecule has 0 amide bonds. The van der Waals surface area contributed by atoms with Crippen molar-refractivity contribution in [2.24, 2.45) is 0 Å². The molecule has 0 aliphatic heterocycles. The van der Waals surface area contributed by atoms with Gasteiger partial charge in [0.25, 0.3) is 0 Å². The van der Waals surface area contributed by atoms with Gasteiger partial charge in [-0.3, -0.25) is 0 Å². The minimum absolute atomic E-state index is 0.281. The SMILES string of the molecule is CCOc1ccc2cc(C(=O)O)cn2c1. The number of fused-ring (bicyclic) bond motifs is 1. The Labute approximate surface area is 86.7 Å². The maximum absolute atomic E-state index is 10.7. The van der Waals surface area contributed by atoms with Crippen molar-refractivity contribution in [1.29, 1.82) is 0 Å². The van der Waals surface area contributed by atoms with E-state index < -0.39 is 5.97 Å². The first-order valence-electron chi connectivity index (χ1n) is 4.68. The van der Waals surface area contributed by atoms with Gasteiger partial charge in [0.2, 0.25) is 0 Å². The van der Waals surface area contributed by atoms with Gasteiger partial charge in [-0.05, 0) is 25.1 Å². The van der Waals surface area contributed by atoms with Gasteiger partial charge in [0.05, 0.1) is 18.4 Å². The van der Waals surface area contributed by atoms with Gasteiger partial charge in [-0.1, -0.05) is 0 Å². The van der Waals surface area contributed by atoms with Gasteiger partial charge < -0.3 is 14.2 Å². The molecule has 0 aliphatic rings. The van der Waals surface area contributed by atoms with Crippen molar-refractivity contribution in [3.8, 4) is 5.75 Å². The highest BCUT2D eigenvalue weighted by atomic mass is 16.5. The van der Waals surface area contributed by atoms with Crippen LogP contribution in [0.2, 0.25) is 0 Å². The quantitative estimate of drug-likeness (QED) is 0.834. The summed E-state index contributed by atoms with van der Waals surface area (Å²) in [7, 11) is 0. The first-order valence-corrected chi connectivity index (χ1v) is 4.68. The summed E-state index contributed by atoms with van der Waals surface area (Å²) in [6.07, 6.45) is 3.34. The first kappa shape index (κ1) is 9.58. The highest BCUT2D eigenvalue weighted by Gasteiger charge is 2.06. The van der Waals surface area contributed by atoms with Crippen LogP contribution in [-0.4, -0.2) is 22.1 Å². The zero-order chi connectivity index (χ0) is 10.8. The van der Waals surface area contributed by atoms with E-state index in [1.54, 1.807) is 22.9 Å². The minimum atomic E-state index is -0.920. The number of aromatic nitrogens is 1. The van der Waals surface area contributed by atoms with E-state index in [-0.39, 0.29) is 5.56 Å². The van der Waals surface area contributed by atoms with E-state index in [1.807, 2.05) is 19.1 Å². The van der Waals surface area contributed by atoms with Gasteiger partial charge in [-0.2, -0.15) is 0 Å². The van der Waals surface area contributed by atoms with E-state index in [4.69, 9.17) is 9.84 Å². The van der Waals surface area contributed by atoms with Crippen LogP contribution >= 0.6 is 0 Å². The van der Waals surface area contributed by atoms with E-state index in [2.05, 4.69) is 0 Å². The number of carboxylic acids is 1. The van der Waals surface area contributed by atoms with Gasteiger partial charge in [0, 0.05) is 11.7 Å². The molecule has 0 bridgehead atoms. The molecule has 0 unspecified atom stereocenters. The molecule has 0 fully saturated rings. The van der Waals surface area contributed by atoms with Gasteiger partial charge in [0.1, 0.15) is 5.75 Å². The topological polar surface area (TPSA) is 50.9 Å². The number of pyridine rings is 1. The largest absolute Gasteiger partial charge is 0.492 e. The van der Waals surface area contributed by atoms with Crippen molar-refractivity contribution in [3.05, 3.63) is 36.2 Å². The van der Waals surface area contributed by atoms with Crippen LogP contribution < -0.4 is 4.74 Å². The van der Waals surface area contributed by atoms with E-state index >= 15 is 0 Å². The molecule has 4 nitrogen and oxygen atoms in total. The van der Waals surface area contributed by atoms with Gasteiger partial charge in [-0.15, -0.1) is 0 Å². The van der Waals surface area contributed by atoms with Crippen LogP contribution in [0.4, 0.5) is 0 Å². The molecule has 0 aromatic carbocycles. The summed E-state index contributed by atoms with van der Waals surface area (Å²) in [6.45, 7) is 2.50. The van der Waals surface area contributed by atoms with E-state index in [0.29, 0.717) is 6.61 Å². The van der Waals surface area contributed by atoms with Crippen molar-refractivity contribution in [2.75, 3.05) is 6.61 Å². The van der Waals surface area contributed by atoms with Gasteiger partial charge in [-0.25, -0.2) is 4.79 Å². The fraction of sp³-hybridized carbons (Fsp3) is 0.182. The standard InChI is InChI=1S/C11H11NO3/c1-2-15-10-4-3-9-5-8(11(13)14)6-12(9)7-10/h3-7H,2H2,1H3,(H,13,14). The molecule has 0 radical (unpaired) electrons. The molecule has 2 aromatic rings. The molecule has 15 heavy (non-hydrogen) atoms. The molecule has 2 aromatic heterocycles. The molecule has 0 spiro atoms. The molecular weight excluding hydrogens is 194 g/mol. The summed E-state index contributed by atoms with van der Waals surface area (Å²) in [5.74, 6) is -0.186. The predicted molar refractivity (Wildman–Crippen MR) is 55.5 cm³/mol. The van der Waals surface area contributed by atoms with Crippen LogP contribution in [0.25, 0.3) is 5.52 Å². The zero-order valence-electron chi connectivity index (χ0n) is 8.30. The Morgan fingerprint density at radius 1 is 1.47 bits per heavy atom. The number of ether oxygens (including phenoxy) is 1. The summed E-state index contributed by atoms with van der Waals surface area (Å²) in [4.78, 5) is 10.7. The summed E-state index contributed by atoms with van der Waals surface area (Å²) in [5, 5.41) is 8.81. The van der Waals surface area contributed by atoms with Crippen LogP contribution in [0, 0.1) is 0 Å². The highest BCUT2D eigenvalue weighted by molar-refractivity contribution is 5.89. The summed E-state index contributed by atoms with van der Waals surface area (Å²) in [6, 6.07) is 5.28. The van der Waals surface area contributed by atoms with Gasteiger partial charge in [0.15, 0.2) is 0 Å². The fourth-order valence-corrected chi connectivity index (χ4v) is 1.46. The second-order valence-corrected chi connectivity index (χ2v) is 3.16. The number of nitrogens with zero attached hydrogens (tertiary/aromatic N) is 1. The smallest absolute Gasteiger partial charge is 0.337 e. The number of carbonyl (C=O) groups is 1. The Morgan fingerprint density at radius 3 is 2.93 bits per heavy atom. The minimum Gasteiger partial charge on any atom is -0.492 e. The number of hydrogen-bond acceptors (Lipinski definition) is 2. The molecule has 2 heterocycles. The van der Waals surface area contributed by atoms with Crippen molar-refractivity contribution >= 4 is 11.5 Å². The summed E-state index contributed by atoms with van der Waals surface area (Å²) >= 11 is 0. The van der Waals surface area contributed by atoms with Crippen LogP contribution in [0.5, 0.6) is 5.75 Å². The third kappa shape index (κ3) is 1.79. The lowest BCUT2D eigenvalue weighted by molar-refractivity contribution is 0.0697. The molecular formula is C11H11NO3. The monoisotopic (exact) mass is 205 g/mol. The van der Waals surface area contributed by atoms with E-state index in [1.165, 1.54) is 0 Å². The second kappa shape index (κ2) is 3.65. The Hall–Kier alpha value is -1.97. The Morgan fingerprint density at radius 2 is 2.27 bits per heavy atom. The average Bonchev–Trinajstić information content (AvgIpc) is 2.61. The van der Waals surface area contributed by atoms with Crippen LogP contribution in [0.15, 0.2) is 30.6 Å². The van der Waals surface area contributed by atoms with Crippen LogP contribution in [-0.2, 0) is 0 Å². The Kier molecular flexibility index (Phi) is 2.33. The Bertz CT molecular complexity index is 502. The van der Waals surface area contributed by atoms with Gasteiger partial charge >= 0.3 is 5.97 Å². The number of carboxylic acid groups (broad SMARTS) is 1. The van der Waals surface area contributed by atoms with Crippen molar-refractivity contribution < 1.29 is 14.6 Å². The normalized spacial score (nSPS) is 10.5. The highest BCUT2D eigenvalue weighted by Crippen LogP contribution is 2.16. The molecule has 1 N–H and O–H groups in total. The molecule has 78 valence electrons.